The van der Waals surface area contributed by atoms with E-state index in [9.17, 15) is 0 Å². The van der Waals surface area contributed by atoms with E-state index in [-0.39, 0.29) is 0 Å². The van der Waals surface area contributed by atoms with E-state index in [4.69, 9.17) is 4.98 Å². The highest BCUT2D eigenvalue weighted by atomic mass is 15.3. The highest BCUT2D eigenvalue weighted by Crippen LogP contribution is 2.30. The van der Waals surface area contributed by atoms with E-state index in [0.717, 1.165) is 31.2 Å². The van der Waals surface area contributed by atoms with Crippen molar-refractivity contribution in [3.05, 3.63) is 29.9 Å². The van der Waals surface area contributed by atoms with Crippen LogP contribution in [0.2, 0.25) is 0 Å². The Bertz CT molecular complexity index is 585. The second kappa shape index (κ2) is 5.97. The van der Waals surface area contributed by atoms with Gasteiger partial charge in [0.05, 0.1) is 18.1 Å². The first-order chi connectivity index (χ1) is 10.1. The Morgan fingerprint density at radius 1 is 1.38 bits per heavy atom. The van der Waals surface area contributed by atoms with Crippen LogP contribution < -0.4 is 0 Å². The maximum Gasteiger partial charge on any atom is 0.153 e. The lowest BCUT2D eigenvalue weighted by atomic mass is 10.0. The number of piperidine rings is 1. The summed E-state index contributed by atoms with van der Waals surface area (Å²) in [7, 11) is 2.05. The van der Waals surface area contributed by atoms with Crippen molar-refractivity contribution in [2.75, 3.05) is 6.54 Å². The van der Waals surface area contributed by atoms with Crippen LogP contribution in [-0.2, 0) is 13.6 Å². The second-order valence-corrected chi connectivity index (χ2v) is 6.21. The first-order valence-corrected chi connectivity index (χ1v) is 7.76. The van der Waals surface area contributed by atoms with Crippen molar-refractivity contribution in [2.45, 2.75) is 51.6 Å². The number of H-pyrrole nitrogens is 1. The monoisotopic (exact) mass is 288 g/mol. The van der Waals surface area contributed by atoms with Crippen LogP contribution >= 0.6 is 0 Å². The lowest BCUT2D eigenvalue weighted by Gasteiger charge is -2.34. The first-order valence-electron chi connectivity index (χ1n) is 7.76. The molecule has 1 fully saturated rings. The summed E-state index contributed by atoms with van der Waals surface area (Å²) < 4.78 is 2.09. The van der Waals surface area contributed by atoms with Gasteiger partial charge in [-0.2, -0.15) is 5.10 Å². The average molecular weight is 288 g/mol. The van der Waals surface area contributed by atoms with Gasteiger partial charge in [-0.1, -0.05) is 20.3 Å². The van der Waals surface area contributed by atoms with Gasteiger partial charge >= 0.3 is 0 Å². The number of rotatable bonds is 4. The zero-order chi connectivity index (χ0) is 14.8. The standard InChI is InChI=1S/C15H24N6/c1-11(2)14-17-15(19-18-14)13-6-4-5-7-21(13)9-12-8-16-10-20(12)3/h8,10-11,13H,4-7,9H2,1-3H3,(H,17,18,19). The molecule has 0 saturated carbocycles. The Balaban J connectivity index is 1.79. The molecule has 2 aromatic heterocycles. The molecule has 0 aromatic carbocycles. The molecule has 1 unspecified atom stereocenters. The van der Waals surface area contributed by atoms with E-state index in [0.29, 0.717) is 12.0 Å². The van der Waals surface area contributed by atoms with Crippen LogP contribution in [-0.4, -0.2) is 36.2 Å². The summed E-state index contributed by atoms with van der Waals surface area (Å²) >= 11 is 0. The van der Waals surface area contributed by atoms with Gasteiger partial charge in [0, 0.05) is 25.7 Å². The summed E-state index contributed by atoms with van der Waals surface area (Å²) in [5.41, 5.74) is 1.24. The minimum Gasteiger partial charge on any atom is -0.337 e. The normalized spacial score (nSPS) is 20.3. The van der Waals surface area contributed by atoms with Gasteiger partial charge in [-0.15, -0.1) is 0 Å². The lowest BCUT2D eigenvalue weighted by molar-refractivity contribution is 0.131. The van der Waals surface area contributed by atoms with Crippen LogP contribution in [0, 0.1) is 0 Å². The predicted octanol–water partition coefficient (Wildman–Crippen LogP) is 2.39. The van der Waals surface area contributed by atoms with Crippen molar-refractivity contribution >= 4 is 0 Å². The summed E-state index contributed by atoms with van der Waals surface area (Å²) in [6.07, 6.45) is 7.46. The van der Waals surface area contributed by atoms with Gasteiger partial charge in [0.1, 0.15) is 5.82 Å². The van der Waals surface area contributed by atoms with Crippen LogP contribution in [0.5, 0.6) is 0 Å². The van der Waals surface area contributed by atoms with Crippen molar-refractivity contribution in [3.8, 4) is 0 Å². The van der Waals surface area contributed by atoms with Gasteiger partial charge in [0.15, 0.2) is 5.82 Å². The third-order valence-corrected chi connectivity index (χ3v) is 4.25. The molecule has 0 radical (unpaired) electrons. The highest BCUT2D eigenvalue weighted by Gasteiger charge is 2.27. The van der Waals surface area contributed by atoms with Gasteiger partial charge in [-0.25, -0.2) is 9.97 Å². The van der Waals surface area contributed by atoms with E-state index < -0.39 is 0 Å². The fourth-order valence-electron chi connectivity index (χ4n) is 2.93. The number of aromatic amines is 1. The molecule has 0 amide bonds. The third kappa shape index (κ3) is 3.00. The van der Waals surface area contributed by atoms with Gasteiger partial charge < -0.3 is 4.57 Å². The van der Waals surface area contributed by atoms with Crippen LogP contribution in [0.15, 0.2) is 12.5 Å². The molecule has 1 aliphatic heterocycles. The van der Waals surface area contributed by atoms with Crippen molar-refractivity contribution < 1.29 is 0 Å². The predicted molar refractivity (Wildman–Crippen MR) is 80.7 cm³/mol. The van der Waals surface area contributed by atoms with E-state index >= 15 is 0 Å². The molecule has 3 rings (SSSR count). The number of imidazole rings is 1. The van der Waals surface area contributed by atoms with E-state index in [1.807, 2.05) is 19.6 Å². The molecule has 2 aromatic rings. The fourth-order valence-corrected chi connectivity index (χ4v) is 2.93. The molecule has 1 N–H and O–H groups in total. The van der Waals surface area contributed by atoms with Crippen LogP contribution in [0.4, 0.5) is 0 Å². The molecule has 1 saturated heterocycles. The molecule has 1 aliphatic rings. The topological polar surface area (TPSA) is 62.6 Å². The summed E-state index contributed by atoms with van der Waals surface area (Å²) in [5, 5.41) is 7.52. The van der Waals surface area contributed by atoms with Crippen molar-refractivity contribution in [3.63, 3.8) is 0 Å². The number of nitrogens with zero attached hydrogens (tertiary/aromatic N) is 5. The molecule has 6 nitrogen and oxygen atoms in total. The van der Waals surface area contributed by atoms with Crippen LogP contribution in [0.3, 0.4) is 0 Å². The Kier molecular flexibility index (Phi) is 4.05. The van der Waals surface area contributed by atoms with Gasteiger partial charge in [-0.3, -0.25) is 10.00 Å². The number of aryl methyl sites for hydroxylation is 1. The van der Waals surface area contributed by atoms with Crippen LogP contribution in [0.1, 0.15) is 62.4 Å². The molecule has 1 atom stereocenters. The zero-order valence-electron chi connectivity index (χ0n) is 13.1. The van der Waals surface area contributed by atoms with Crippen molar-refractivity contribution in [1.29, 1.82) is 0 Å². The maximum atomic E-state index is 4.70. The zero-order valence-corrected chi connectivity index (χ0v) is 13.1. The molecule has 21 heavy (non-hydrogen) atoms. The summed E-state index contributed by atoms with van der Waals surface area (Å²) in [6, 6.07) is 0.341. The summed E-state index contributed by atoms with van der Waals surface area (Å²) in [4.78, 5) is 11.4. The number of hydrogen-bond donors (Lipinski definition) is 1. The fraction of sp³-hybridized carbons (Fsp3) is 0.667. The van der Waals surface area contributed by atoms with Crippen molar-refractivity contribution in [2.24, 2.45) is 7.05 Å². The molecular formula is C15H24N6. The Morgan fingerprint density at radius 2 is 2.24 bits per heavy atom. The maximum absolute atomic E-state index is 4.70. The van der Waals surface area contributed by atoms with E-state index in [1.165, 1.54) is 18.5 Å². The average Bonchev–Trinajstić information content (AvgIpc) is 3.10. The lowest BCUT2D eigenvalue weighted by Crippen LogP contribution is -2.34. The molecule has 0 bridgehead atoms. The Morgan fingerprint density at radius 3 is 2.90 bits per heavy atom. The number of nitrogens with one attached hydrogen (secondary N) is 1. The number of hydrogen-bond acceptors (Lipinski definition) is 4. The summed E-state index contributed by atoms with van der Waals surface area (Å²) in [6.45, 7) is 6.27. The van der Waals surface area contributed by atoms with E-state index in [1.54, 1.807) is 0 Å². The molecular weight excluding hydrogens is 264 g/mol. The van der Waals surface area contributed by atoms with Crippen molar-refractivity contribution in [1.82, 2.24) is 29.6 Å². The minimum absolute atomic E-state index is 0.341. The minimum atomic E-state index is 0.341. The van der Waals surface area contributed by atoms with Crippen LogP contribution in [0.25, 0.3) is 0 Å². The Labute approximate surface area is 125 Å². The Hall–Kier alpha value is -1.69. The molecule has 0 spiro atoms. The quantitative estimate of drug-likeness (QED) is 0.938. The molecule has 3 heterocycles. The third-order valence-electron chi connectivity index (χ3n) is 4.25. The van der Waals surface area contributed by atoms with E-state index in [2.05, 4.69) is 38.5 Å². The first kappa shape index (κ1) is 14.3. The largest absolute Gasteiger partial charge is 0.337 e. The molecule has 6 heteroatoms. The second-order valence-electron chi connectivity index (χ2n) is 6.21. The SMILES string of the molecule is CC(C)c1n[nH]c(C2CCCCN2Cc2cncn2C)n1. The highest BCUT2D eigenvalue weighted by molar-refractivity contribution is 5.04. The summed E-state index contributed by atoms with van der Waals surface area (Å²) in [5.74, 6) is 2.29. The smallest absolute Gasteiger partial charge is 0.153 e. The molecule has 0 aliphatic carbocycles. The number of aromatic nitrogens is 5. The van der Waals surface area contributed by atoms with Gasteiger partial charge in [0.2, 0.25) is 0 Å². The van der Waals surface area contributed by atoms with Gasteiger partial charge in [-0.05, 0) is 19.4 Å². The molecule has 114 valence electrons. The number of likely N-dealkylation sites (tertiary alicyclic amines) is 1. The van der Waals surface area contributed by atoms with Gasteiger partial charge in [0.25, 0.3) is 0 Å².